The van der Waals surface area contributed by atoms with Crippen LogP contribution in [-0.2, 0) is 11.3 Å². The minimum absolute atomic E-state index is 0.0533. The smallest absolute Gasteiger partial charge is 0.306 e. The molecule has 0 spiro atoms. The van der Waals surface area contributed by atoms with E-state index in [2.05, 4.69) is 10.1 Å². The van der Waals surface area contributed by atoms with Crippen LogP contribution in [0.5, 0.6) is 0 Å². The molecule has 0 aliphatic carbocycles. The zero-order chi connectivity index (χ0) is 16.1. The number of carbonyl (C=O) groups excluding carboxylic acids is 1. The van der Waals surface area contributed by atoms with Crippen LogP contribution in [0.15, 0.2) is 36.9 Å². The average Bonchev–Trinajstić information content (AvgIpc) is 3.01. The molecule has 0 unspecified atom stereocenters. The first kappa shape index (κ1) is 15.6. The Hall–Kier alpha value is -2.77. The molecule has 22 heavy (non-hydrogen) atoms. The Bertz CT molecular complexity index is 656. The maximum atomic E-state index is 12.2. The van der Waals surface area contributed by atoms with Crippen molar-refractivity contribution in [3.63, 3.8) is 0 Å². The van der Waals surface area contributed by atoms with Crippen LogP contribution >= 0.6 is 0 Å². The van der Waals surface area contributed by atoms with Gasteiger partial charge in [0.05, 0.1) is 11.0 Å². The van der Waals surface area contributed by atoms with Gasteiger partial charge in [0.1, 0.15) is 12.4 Å². The molecule has 8 nitrogen and oxygen atoms in total. The SMILES string of the molecule is C[C@@H](c1ccncc1)N(C)C(=O)CCn1cc([N+](=O)[O-])cn1. The molecule has 2 aromatic rings. The first-order chi connectivity index (χ1) is 10.5. The van der Waals surface area contributed by atoms with E-state index in [0.717, 1.165) is 5.56 Å². The lowest BCUT2D eigenvalue weighted by atomic mass is 10.1. The van der Waals surface area contributed by atoms with Gasteiger partial charge in [0.15, 0.2) is 0 Å². The van der Waals surface area contributed by atoms with Gasteiger partial charge in [-0.3, -0.25) is 24.6 Å². The third-order valence-electron chi connectivity index (χ3n) is 3.55. The second-order valence-corrected chi connectivity index (χ2v) is 4.93. The number of hydrogen-bond acceptors (Lipinski definition) is 5. The normalized spacial score (nSPS) is 11.9. The van der Waals surface area contributed by atoms with Gasteiger partial charge in [-0.1, -0.05) is 0 Å². The summed E-state index contributed by atoms with van der Waals surface area (Å²) in [5.74, 6) is -0.0533. The average molecular weight is 303 g/mol. The van der Waals surface area contributed by atoms with E-state index < -0.39 is 4.92 Å². The Morgan fingerprint density at radius 3 is 2.73 bits per heavy atom. The van der Waals surface area contributed by atoms with E-state index in [-0.39, 0.29) is 24.1 Å². The van der Waals surface area contributed by atoms with Crippen molar-refractivity contribution in [2.45, 2.75) is 25.9 Å². The predicted octanol–water partition coefficient (Wildman–Crippen LogP) is 1.80. The number of nitrogens with zero attached hydrogens (tertiary/aromatic N) is 5. The first-order valence-electron chi connectivity index (χ1n) is 6.81. The second kappa shape index (κ2) is 6.79. The van der Waals surface area contributed by atoms with Gasteiger partial charge in [0.25, 0.3) is 0 Å². The number of amides is 1. The molecule has 0 saturated heterocycles. The van der Waals surface area contributed by atoms with Crippen LogP contribution in [0.25, 0.3) is 0 Å². The van der Waals surface area contributed by atoms with Crippen molar-refractivity contribution in [2.24, 2.45) is 0 Å². The Labute approximate surface area is 127 Å². The van der Waals surface area contributed by atoms with Crippen LogP contribution in [0, 0.1) is 10.1 Å². The summed E-state index contributed by atoms with van der Waals surface area (Å²) in [6.45, 7) is 2.24. The van der Waals surface area contributed by atoms with Gasteiger partial charge in [0, 0.05) is 32.4 Å². The van der Waals surface area contributed by atoms with Crippen LogP contribution in [0.2, 0.25) is 0 Å². The lowest BCUT2D eigenvalue weighted by Gasteiger charge is -2.25. The molecule has 0 aromatic carbocycles. The van der Waals surface area contributed by atoms with E-state index in [4.69, 9.17) is 0 Å². The number of nitro groups is 1. The van der Waals surface area contributed by atoms with E-state index in [1.54, 1.807) is 24.3 Å². The standard InChI is InChI=1S/C14H17N5O3/c1-11(12-3-6-15-7-4-12)17(2)14(20)5-8-18-10-13(9-16-18)19(21)22/h3-4,6-7,9-11H,5,8H2,1-2H3/t11-/m0/s1. The third kappa shape index (κ3) is 3.66. The van der Waals surface area contributed by atoms with Crippen molar-refractivity contribution in [2.75, 3.05) is 7.05 Å². The molecular formula is C14H17N5O3. The fourth-order valence-electron chi connectivity index (χ4n) is 2.04. The Kier molecular flexibility index (Phi) is 4.82. The summed E-state index contributed by atoms with van der Waals surface area (Å²) in [6.07, 6.45) is 6.10. The highest BCUT2D eigenvalue weighted by Gasteiger charge is 2.17. The van der Waals surface area contributed by atoms with E-state index in [1.807, 2.05) is 19.1 Å². The summed E-state index contributed by atoms with van der Waals surface area (Å²) in [5, 5.41) is 14.4. The largest absolute Gasteiger partial charge is 0.339 e. The molecule has 2 aromatic heterocycles. The number of rotatable bonds is 6. The van der Waals surface area contributed by atoms with Crippen LogP contribution < -0.4 is 0 Å². The highest BCUT2D eigenvalue weighted by molar-refractivity contribution is 5.76. The molecule has 1 amide bonds. The lowest BCUT2D eigenvalue weighted by molar-refractivity contribution is -0.385. The molecule has 0 radical (unpaired) electrons. The van der Waals surface area contributed by atoms with Gasteiger partial charge in [-0.05, 0) is 24.6 Å². The van der Waals surface area contributed by atoms with Crippen LogP contribution in [0.4, 0.5) is 5.69 Å². The molecule has 0 bridgehead atoms. The molecule has 0 aliphatic rings. The predicted molar refractivity (Wildman–Crippen MR) is 78.9 cm³/mol. The second-order valence-electron chi connectivity index (χ2n) is 4.93. The van der Waals surface area contributed by atoms with Crippen molar-refractivity contribution in [1.82, 2.24) is 19.7 Å². The number of carbonyl (C=O) groups is 1. The number of aromatic nitrogens is 3. The summed E-state index contributed by atoms with van der Waals surface area (Å²) < 4.78 is 1.40. The molecule has 2 heterocycles. The number of hydrogen-bond donors (Lipinski definition) is 0. The topological polar surface area (TPSA) is 94.2 Å². The summed E-state index contributed by atoms with van der Waals surface area (Å²) >= 11 is 0. The van der Waals surface area contributed by atoms with Crippen LogP contribution in [-0.4, -0.2) is 37.5 Å². The van der Waals surface area contributed by atoms with Crippen LogP contribution in [0.1, 0.15) is 24.9 Å². The van der Waals surface area contributed by atoms with E-state index in [1.165, 1.54) is 17.1 Å². The summed E-state index contributed by atoms with van der Waals surface area (Å²) in [4.78, 5) is 27.9. The Morgan fingerprint density at radius 2 is 2.14 bits per heavy atom. The van der Waals surface area contributed by atoms with Crippen molar-refractivity contribution >= 4 is 11.6 Å². The van der Waals surface area contributed by atoms with Crippen molar-refractivity contribution in [3.05, 3.63) is 52.6 Å². The highest BCUT2D eigenvalue weighted by Crippen LogP contribution is 2.18. The molecule has 0 fully saturated rings. The van der Waals surface area contributed by atoms with E-state index >= 15 is 0 Å². The molecule has 8 heteroatoms. The zero-order valence-corrected chi connectivity index (χ0v) is 12.4. The molecule has 0 saturated carbocycles. The van der Waals surface area contributed by atoms with E-state index in [0.29, 0.717) is 6.54 Å². The first-order valence-corrected chi connectivity index (χ1v) is 6.81. The van der Waals surface area contributed by atoms with Crippen LogP contribution in [0.3, 0.4) is 0 Å². The fourth-order valence-corrected chi connectivity index (χ4v) is 2.04. The molecule has 0 aliphatic heterocycles. The molecular weight excluding hydrogens is 286 g/mol. The summed E-state index contributed by atoms with van der Waals surface area (Å²) in [6, 6.07) is 3.67. The summed E-state index contributed by atoms with van der Waals surface area (Å²) in [5.41, 5.74) is 0.923. The molecule has 2 rings (SSSR count). The minimum Gasteiger partial charge on any atom is -0.339 e. The van der Waals surface area contributed by atoms with Gasteiger partial charge in [-0.15, -0.1) is 0 Å². The Balaban J connectivity index is 1.92. The van der Waals surface area contributed by atoms with Gasteiger partial charge < -0.3 is 4.90 Å². The van der Waals surface area contributed by atoms with Gasteiger partial charge in [-0.25, -0.2) is 0 Å². The van der Waals surface area contributed by atoms with Gasteiger partial charge in [-0.2, -0.15) is 5.10 Å². The van der Waals surface area contributed by atoms with Gasteiger partial charge >= 0.3 is 5.69 Å². The maximum Gasteiger partial charge on any atom is 0.306 e. The molecule has 1 atom stereocenters. The zero-order valence-electron chi connectivity index (χ0n) is 12.4. The van der Waals surface area contributed by atoms with Gasteiger partial charge in [0.2, 0.25) is 5.91 Å². The van der Waals surface area contributed by atoms with Crippen molar-refractivity contribution < 1.29 is 9.72 Å². The van der Waals surface area contributed by atoms with Crippen molar-refractivity contribution in [3.8, 4) is 0 Å². The highest BCUT2D eigenvalue weighted by atomic mass is 16.6. The molecule has 0 N–H and O–H groups in total. The monoisotopic (exact) mass is 303 g/mol. The Morgan fingerprint density at radius 1 is 1.45 bits per heavy atom. The maximum absolute atomic E-state index is 12.2. The summed E-state index contributed by atoms with van der Waals surface area (Å²) in [7, 11) is 1.74. The van der Waals surface area contributed by atoms with Crippen molar-refractivity contribution in [1.29, 1.82) is 0 Å². The fraction of sp³-hybridized carbons (Fsp3) is 0.357. The van der Waals surface area contributed by atoms with E-state index in [9.17, 15) is 14.9 Å². The minimum atomic E-state index is -0.511. The molecule has 116 valence electrons. The lowest BCUT2D eigenvalue weighted by Crippen LogP contribution is -2.30. The number of aryl methyl sites for hydroxylation is 1. The number of pyridine rings is 1. The third-order valence-corrected chi connectivity index (χ3v) is 3.55. The quantitative estimate of drug-likeness (QED) is 0.599.